The van der Waals surface area contributed by atoms with Crippen LogP contribution < -0.4 is 10.6 Å². The first-order chi connectivity index (χ1) is 10.7. The predicted octanol–water partition coefficient (Wildman–Crippen LogP) is 2.96. The molecule has 0 spiro atoms. The van der Waals surface area contributed by atoms with Crippen LogP contribution in [0.15, 0.2) is 29.3 Å². The third kappa shape index (κ3) is 4.37. The maximum absolute atomic E-state index is 6.00. The second-order valence-electron chi connectivity index (χ2n) is 5.84. The van der Waals surface area contributed by atoms with Gasteiger partial charge >= 0.3 is 0 Å². The number of methoxy groups -OCH3 is 1. The summed E-state index contributed by atoms with van der Waals surface area (Å²) >= 11 is 6.00. The average molecular weight is 324 g/mol. The lowest BCUT2D eigenvalue weighted by Gasteiger charge is -2.43. The highest BCUT2D eigenvalue weighted by atomic mass is 35.5. The van der Waals surface area contributed by atoms with Gasteiger partial charge in [-0.15, -0.1) is 0 Å². The fourth-order valence-electron chi connectivity index (χ4n) is 2.87. The van der Waals surface area contributed by atoms with Gasteiger partial charge in [-0.1, -0.05) is 30.2 Å². The molecule has 2 N–H and O–H groups in total. The molecule has 1 aliphatic carbocycles. The van der Waals surface area contributed by atoms with Crippen LogP contribution in [0.1, 0.15) is 31.2 Å². The summed E-state index contributed by atoms with van der Waals surface area (Å²) in [6.45, 7) is 2.53. The van der Waals surface area contributed by atoms with Gasteiger partial charge in [0.05, 0.1) is 0 Å². The fraction of sp³-hybridized carbons (Fsp3) is 0.588. The third-order valence-electron chi connectivity index (χ3n) is 4.40. The van der Waals surface area contributed by atoms with E-state index in [1.807, 2.05) is 12.1 Å². The Kier molecular flexibility index (Phi) is 6.52. The van der Waals surface area contributed by atoms with Gasteiger partial charge in [0.2, 0.25) is 0 Å². The Hall–Kier alpha value is -1.26. The molecule has 1 aromatic carbocycles. The molecule has 0 aromatic heterocycles. The summed E-state index contributed by atoms with van der Waals surface area (Å²) in [7, 11) is 3.53. The number of aliphatic imine (C=N–C) groups is 1. The van der Waals surface area contributed by atoms with Crippen LogP contribution in [0.25, 0.3) is 0 Å². The zero-order chi connectivity index (χ0) is 15.8. The van der Waals surface area contributed by atoms with E-state index in [2.05, 4.69) is 27.8 Å². The van der Waals surface area contributed by atoms with Crippen LogP contribution in [0.4, 0.5) is 0 Å². The Balaban J connectivity index is 1.88. The molecule has 1 saturated carbocycles. The number of hydrogen-bond donors (Lipinski definition) is 2. The van der Waals surface area contributed by atoms with Crippen LogP contribution in [0.5, 0.6) is 0 Å². The molecule has 1 fully saturated rings. The maximum atomic E-state index is 6.00. The van der Waals surface area contributed by atoms with Gasteiger partial charge in [0.15, 0.2) is 5.96 Å². The second kappa shape index (κ2) is 8.39. The van der Waals surface area contributed by atoms with E-state index in [-0.39, 0.29) is 5.41 Å². The number of ether oxygens (including phenoxy) is 1. The van der Waals surface area contributed by atoms with E-state index < -0.39 is 0 Å². The molecule has 122 valence electrons. The van der Waals surface area contributed by atoms with Crippen molar-refractivity contribution in [3.05, 3.63) is 34.9 Å². The van der Waals surface area contributed by atoms with E-state index in [0.29, 0.717) is 0 Å². The lowest BCUT2D eigenvalue weighted by atomic mass is 9.64. The van der Waals surface area contributed by atoms with Crippen LogP contribution in [-0.2, 0) is 10.2 Å². The lowest BCUT2D eigenvalue weighted by molar-refractivity contribution is 0.195. The predicted molar refractivity (Wildman–Crippen MR) is 92.8 cm³/mol. The van der Waals surface area contributed by atoms with Gasteiger partial charge in [0, 0.05) is 44.3 Å². The highest BCUT2D eigenvalue weighted by Gasteiger charge is 2.38. The fourth-order valence-corrected chi connectivity index (χ4v) is 3.00. The standard InChI is InChI=1S/C17H26ClN3O/c1-19-16(20-11-4-12-22-2)21-13-17(9-3-10-17)14-5-7-15(18)8-6-14/h5-8H,3-4,9-13H2,1-2H3,(H2,19,20,21). The molecule has 0 heterocycles. The van der Waals surface area contributed by atoms with Gasteiger partial charge in [-0.25, -0.2) is 0 Å². The monoisotopic (exact) mass is 323 g/mol. The van der Waals surface area contributed by atoms with Crippen molar-refractivity contribution < 1.29 is 4.74 Å². The second-order valence-corrected chi connectivity index (χ2v) is 6.28. The quantitative estimate of drug-likeness (QED) is 0.461. The average Bonchev–Trinajstić information content (AvgIpc) is 2.49. The molecule has 2 rings (SSSR count). The Morgan fingerprint density at radius 2 is 2.00 bits per heavy atom. The summed E-state index contributed by atoms with van der Waals surface area (Å²) < 4.78 is 5.05. The number of nitrogens with one attached hydrogen (secondary N) is 2. The van der Waals surface area contributed by atoms with Crippen molar-refractivity contribution in [2.24, 2.45) is 4.99 Å². The van der Waals surface area contributed by atoms with Gasteiger partial charge in [0.25, 0.3) is 0 Å². The van der Waals surface area contributed by atoms with Crippen LogP contribution >= 0.6 is 11.6 Å². The molecule has 0 aliphatic heterocycles. The number of halogens is 1. The van der Waals surface area contributed by atoms with Gasteiger partial charge in [-0.2, -0.15) is 0 Å². The van der Waals surface area contributed by atoms with Crippen molar-refractivity contribution >= 4 is 17.6 Å². The minimum absolute atomic E-state index is 0.217. The van der Waals surface area contributed by atoms with Crippen LogP contribution in [0.2, 0.25) is 5.02 Å². The van der Waals surface area contributed by atoms with Crippen molar-refractivity contribution in [2.45, 2.75) is 31.1 Å². The summed E-state index contributed by atoms with van der Waals surface area (Å²) in [6.07, 6.45) is 4.67. The summed E-state index contributed by atoms with van der Waals surface area (Å²) in [5.74, 6) is 0.858. The normalized spacial score (nSPS) is 17.0. The first-order valence-electron chi connectivity index (χ1n) is 7.90. The van der Waals surface area contributed by atoms with Gasteiger partial charge in [-0.05, 0) is 37.0 Å². The topological polar surface area (TPSA) is 45.7 Å². The Morgan fingerprint density at radius 1 is 1.27 bits per heavy atom. The van der Waals surface area contributed by atoms with Crippen molar-refractivity contribution in [3.8, 4) is 0 Å². The van der Waals surface area contributed by atoms with Crippen molar-refractivity contribution in [3.63, 3.8) is 0 Å². The van der Waals surface area contributed by atoms with Crippen LogP contribution in [0.3, 0.4) is 0 Å². The van der Waals surface area contributed by atoms with E-state index in [0.717, 1.165) is 37.1 Å². The molecule has 0 radical (unpaired) electrons. The lowest BCUT2D eigenvalue weighted by Crippen LogP contribution is -2.49. The molecule has 4 nitrogen and oxygen atoms in total. The van der Waals surface area contributed by atoms with E-state index in [4.69, 9.17) is 16.3 Å². The Labute approximate surface area is 138 Å². The summed E-state index contributed by atoms with van der Waals surface area (Å²) in [6, 6.07) is 8.26. The highest BCUT2D eigenvalue weighted by Crippen LogP contribution is 2.43. The SMILES string of the molecule is CN=C(NCCCOC)NCC1(c2ccc(Cl)cc2)CCC1. The van der Waals surface area contributed by atoms with E-state index >= 15 is 0 Å². The Morgan fingerprint density at radius 3 is 2.55 bits per heavy atom. The van der Waals surface area contributed by atoms with Gasteiger partial charge in [-0.3, -0.25) is 4.99 Å². The maximum Gasteiger partial charge on any atom is 0.191 e. The zero-order valence-corrected chi connectivity index (χ0v) is 14.2. The van der Waals surface area contributed by atoms with E-state index in [1.54, 1.807) is 14.2 Å². The van der Waals surface area contributed by atoms with E-state index in [1.165, 1.54) is 24.8 Å². The largest absolute Gasteiger partial charge is 0.385 e. The number of rotatable bonds is 7. The number of hydrogen-bond acceptors (Lipinski definition) is 2. The molecule has 22 heavy (non-hydrogen) atoms. The third-order valence-corrected chi connectivity index (χ3v) is 4.65. The molecular formula is C17H26ClN3O. The van der Waals surface area contributed by atoms with Crippen molar-refractivity contribution in [2.75, 3.05) is 33.9 Å². The van der Waals surface area contributed by atoms with Crippen LogP contribution in [0, 0.1) is 0 Å². The molecule has 1 aromatic rings. The minimum atomic E-state index is 0.217. The van der Waals surface area contributed by atoms with Gasteiger partial charge in [0.1, 0.15) is 0 Å². The smallest absolute Gasteiger partial charge is 0.191 e. The molecule has 0 amide bonds. The molecule has 5 heteroatoms. The molecule has 1 aliphatic rings. The Bertz CT molecular complexity index is 483. The molecular weight excluding hydrogens is 298 g/mol. The first kappa shape index (κ1) is 17.1. The van der Waals surface area contributed by atoms with Crippen molar-refractivity contribution in [1.82, 2.24) is 10.6 Å². The molecule has 0 saturated heterocycles. The van der Waals surface area contributed by atoms with Crippen molar-refractivity contribution in [1.29, 1.82) is 0 Å². The minimum Gasteiger partial charge on any atom is -0.385 e. The molecule has 0 unspecified atom stereocenters. The van der Waals surface area contributed by atoms with Crippen LogP contribution in [-0.4, -0.2) is 39.8 Å². The number of benzene rings is 1. The zero-order valence-electron chi connectivity index (χ0n) is 13.5. The molecule has 0 bridgehead atoms. The highest BCUT2D eigenvalue weighted by molar-refractivity contribution is 6.30. The summed E-state index contributed by atoms with van der Waals surface area (Å²) in [4.78, 5) is 4.29. The number of guanidine groups is 1. The van der Waals surface area contributed by atoms with Gasteiger partial charge < -0.3 is 15.4 Å². The number of nitrogens with zero attached hydrogens (tertiary/aromatic N) is 1. The molecule has 0 atom stereocenters. The first-order valence-corrected chi connectivity index (χ1v) is 8.27. The summed E-state index contributed by atoms with van der Waals surface area (Å²) in [5, 5.41) is 7.58. The van der Waals surface area contributed by atoms with E-state index in [9.17, 15) is 0 Å². The summed E-state index contributed by atoms with van der Waals surface area (Å²) in [5.41, 5.74) is 1.58.